The quantitative estimate of drug-likeness (QED) is 0.372. The van der Waals surface area contributed by atoms with Crippen molar-refractivity contribution >= 4 is 10.1 Å². The Balaban J connectivity index is 2.11. The molecule has 0 aliphatic heterocycles. The van der Waals surface area contributed by atoms with Crippen LogP contribution in [-0.2, 0) is 10.1 Å². The van der Waals surface area contributed by atoms with Crippen molar-refractivity contribution in [2.45, 2.75) is 83.0 Å². The molecule has 0 saturated carbocycles. The number of benzene rings is 1. The van der Waals surface area contributed by atoms with Gasteiger partial charge in [-0.25, -0.2) is 0 Å². The van der Waals surface area contributed by atoms with Gasteiger partial charge in [0.1, 0.15) is 5.75 Å². The molecule has 0 spiro atoms. The molecule has 24 heavy (non-hydrogen) atoms. The topological polar surface area (TPSA) is 63.6 Å². The number of aryl methyl sites for hydroxylation is 1. The van der Waals surface area contributed by atoms with Gasteiger partial charge in [0.25, 0.3) is 10.1 Å². The Bertz CT molecular complexity index is 567. The largest absolute Gasteiger partial charge is 0.493 e. The van der Waals surface area contributed by atoms with Crippen LogP contribution in [-0.4, -0.2) is 19.6 Å². The zero-order chi connectivity index (χ0) is 17.8. The fourth-order valence-electron chi connectivity index (χ4n) is 2.72. The highest BCUT2D eigenvalue weighted by Gasteiger charge is 2.11. The second kappa shape index (κ2) is 11.5. The van der Waals surface area contributed by atoms with Crippen LogP contribution in [0.2, 0.25) is 0 Å². The summed E-state index contributed by atoms with van der Waals surface area (Å²) < 4.78 is 36.9. The molecule has 0 aliphatic carbocycles. The zero-order valence-corrected chi connectivity index (χ0v) is 15.9. The molecule has 0 bridgehead atoms. The van der Waals surface area contributed by atoms with E-state index in [0.29, 0.717) is 12.4 Å². The number of unbranched alkanes of at least 4 members (excludes halogenated alkanes) is 9. The highest BCUT2D eigenvalue weighted by Crippen LogP contribution is 2.22. The summed E-state index contributed by atoms with van der Waals surface area (Å²) in [5, 5.41) is 0. The molecular weight excluding hydrogens is 324 g/mol. The van der Waals surface area contributed by atoms with Gasteiger partial charge in [0.15, 0.2) is 0 Å². The zero-order valence-electron chi connectivity index (χ0n) is 15.1. The molecule has 4 nitrogen and oxygen atoms in total. The summed E-state index contributed by atoms with van der Waals surface area (Å²) in [5.74, 6) is 0.679. The second-order valence-electron chi connectivity index (χ2n) is 6.43. The van der Waals surface area contributed by atoms with Crippen molar-refractivity contribution in [1.29, 1.82) is 0 Å². The molecule has 1 rings (SSSR count). The summed E-state index contributed by atoms with van der Waals surface area (Å²) in [6, 6.07) is 4.41. The fourth-order valence-corrected chi connectivity index (χ4v) is 3.28. The van der Waals surface area contributed by atoms with E-state index in [1.807, 2.05) is 0 Å². The molecule has 0 fully saturated rings. The first-order valence-corrected chi connectivity index (χ1v) is 10.6. The van der Waals surface area contributed by atoms with Gasteiger partial charge in [-0.2, -0.15) is 8.42 Å². The van der Waals surface area contributed by atoms with Crippen molar-refractivity contribution in [2.24, 2.45) is 0 Å². The van der Waals surface area contributed by atoms with Crippen LogP contribution in [0.25, 0.3) is 0 Å². The summed E-state index contributed by atoms with van der Waals surface area (Å²) in [6.07, 6.45) is 12.8. The maximum atomic E-state index is 11.1. The third-order valence-corrected chi connectivity index (χ3v) is 5.05. The molecule has 0 radical (unpaired) electrons. The second-order valence-corrected chi connectivity index (χ2v) is 7.85. The summed E-state index contributed by atoms with van der Waals surface area (Å²) in [6.45, 7) is 4.66. The van der Waals surface area contributed by atoms with E-state index in [1.54, 1.807) is 13.0 Å². The monoisotopic (exact) mass is 356 g/mol. The molecule has 0 aliphatic rings. The number of rotatable bonds is 13. The Hall–Kier alpha value is -1.07. The van der Waals surface area contributed by atoms with Crippen molar-refractivity contribution in [2.75, 3.05) is 6.61 Å². The number of hydrogen-bond acceptors (Lipinski definition) is 3. The van der Waals surface area contributed by atoms with Crippen LogP contribution in [0.3, 0.4) is 0 Å². The minimum atomic E-state index is -4.14. The lowest BCUT2D eigenvalue weighted by Gasteiger charge is -2.10. The van der Waals surface area contributed by atoms with Gasteiger partial charge in [-0.3, -0.25) is 4.55 Å². The molecule has 0 heterocycles. The first-order chi connectivity index (χ1) is 11.4. The van der Waals surface area contributed by atoms with E-state index < -0.39 is 10.1 Å². The van der Waals surface area contributed by atoms with E-state index >= 15 is 0 Å². The highest BCUT2D eigenvalue weighted by atomic mass is 32.2. The third-order valence-electron chi connectivity index (χ3n) is 4.20. The summed E-state index contributed by atoms with van der Waals surface area (Å²) in [5.41, 5.74) is 0.720. The van der Waals surface area contributed by atoms with E-state index in [0.717, 1.165) is 18.4 Å². The molecule has 0 atom stereocenters. The van der Waals surface area contributed by atoms with E-state index in [9.17, 15) is 8.42 Å². The molecule has 0 amide bonds. The van der Waals surface area contributed by atoms with Crippen molar-refractivity contribution in [3.63, 3.8) is 0 Å². The van der Waals surface area contributed by atoms with Gasteiger partial charge in [0.05, 0.1) is 11.5 Å². The minimum Gasteiger partial charge on any atom is -0.493 e. The lowest BCUT2D eigenvalue weighted by Crippen LogP contribution is -2.02. The Labute approximate surface area is 147 Å². The van der Waals surface area contributed by atoms with E-state index in [-0.39, 0.29) is 4.90 Å². The lowest BCUT2D eigenvalue weighted by molar-refractivity contribution is 0.302. The normalized spacial score (nSPS) is 11.6. The predicted octanol–water partition coefficient (Wildman–Crippen LogP) is 5.54. The van der Waals surface area contributed by atoms with E-state index in [1.165, 1.54) is 63.5 Å². The van der Waals surface area contributed by atoms with Gasteiger partial charge < -0.3 is 4.74 Å². The maximum Gasteiger partial charge on any atom is 0.294 e. The van der Waals surface area contributed by atoms with Crippen LogP contribution in [0.1, 0.15) is 76.7 Å². The number of ether oxygens (including phenoxy) is 1. The average molecular weight is 357 g/mol. The molecule has 1 aromatic rings. The van der Waals surface area contributed by atoms with Crippen LogP contribution >= 0.6 is 0 Å². The maximum absolute atomic E-state index is 11.1. The molecule has 0 saturated heterocycles. The summed E-state index contributed by atoms with van der Waals surface area (Å²) in [4.78, 5) is -0.0914. The van der Waals surface area contributed by atoms with Crippen LogP contribution in [0, 0.1) is 6.92 Å². The standard InChI is InChI=1S/C19H32O4S/c1-3-4-5-6-7-8-9-10-11-12-15-23-19-14-13-18(16-17(19)2)24(20,21)22/h13-14,16H,3-12,15H2,1-2H3,(H,20,21,22). The van der Waals surface area contributed by atoms with Gasteiger partial charge >= 0.3 is 0 Å². The van der Waals surface area contributed by atoms with Crippen LogP contribution in [0.4, 0.5) is 0 Å². The first kappa shape index (κ1) is 21.0. The van der Waals surface area contributed by atoms with Gasteiger partial charge in [0.2, 0.25) is 0 Å². The van der Waals surface area contributed by atoms with Gasteiger partial charge in [-0.1, -0.05) is 64.7 Å². The van der Waals surface area contributed by atoms with Crippen molar-refractivity contribution in [1.82, 2.24) is 0 Å². The van der Waals surface area contributed by atoms with E-state index in [2.05, 4.69) is 6.92 Å². The Morgan fingerprint density at radius 1 is 0.917 bits per heavy atom. The molecule has 138 valence electrons. The molecule has 1 N–H and O–H groups in total. The van der Waals surface area contributed by atoms with Gasteiger partial charge in [-0.05, 0) is 37.1 Å². The van der Waals surface area contributed by atoms with Crippen molar-refractivity contribution in [3.05, 3.63) is 23.8 Å². The molecule has 0 unspecified atom stereocenters. The molecule has 1 aromatic carbocycles. The highest BCUT2D eigenvalue weighted by molar-refractivity contribution is 7.85. The minimum absolute atomic E-state index is 0.0914. The fraction of sp³-hybridized carbons (Fsp3) is 0.684. The van der Waals surface area contributed by atoms with Gasteiger partial charge in [-0.15, -0.1) is 0 Å². The lowest BCUT2D eigenvalue weighted by atomic mass is 10.1. The molecular formula is C19H32O4S. The first-order valence-electron chi connectivity index (χ1n) is 9.16. The molecule has 5 heteroatoms. The van der Waals surface area contributed by atoms with Crippen molar-refractivity contribution in [3.8, 4) is 5.75 Å². The average Bonchev–Trinajstić information content (AvgIpc) is 2.53. The van der Waals surface area contributed by atoms with Crippen LogP contribution in [0.15, 0.2) is 23.1 Å². The van der Waals surface area contributed by atoms with E-state index in [4.69, 9.17) is 9.29 Å². The molecule has 0 aromatic heterocycles. The number of hydrogen-bond donors (Lipinski definition) is 1. The third kappa shape index (κ3) is 8.69. The Morgan fingerprint density at radius 3 is 1.96 bits per heavy atom. The predicted molar refractivity (Wildman–Crippen MR) is 98.3 cm³/mol. The Morgan fingerprint density at radius 2 is 1.46 bits per heavy atom. The summed E-state index contributed by atoms with van der Waals surface area (Å²) in [7, 11) is -4.14. The van der Waals surface area contributed by atoms with Gasteiger partial charge in [0, 0.05) is 0 Å². The smallest absolute Gasteiger partial charge is 0.294 e. The van der Waals surface area contributed by atoms with Crippen molar-refractivity contribution < 1.29 is 17.7 Å². The Kier molecular flexibility index (Phi) is 10.0. The SMILES string of the molecule is CCCCCCCCCCCCOc1ccc(S(=O)(=O)O)cc1C. The summed E-state index contributed by atoms with van der Waals surface area (Å²) >= 11 is 0. The van der Waals surface area contributed by atoms with Crippen LogP contribution < -0.4 is 4.74 Å². The van der Waals surface area contributed by atoms with Crippen LogP contribution in [0.5, 0.6) is 5.75 Å².